The van der Waals surface area contributed by atoms with Crippen molar-refractivity contribution in [1.29, 1.82) is 0 Å². The van der Waals surface area contributed by atoms with E-state index in [-0.39, 0.29) is 11.1 Å². The Morgan fingerprint density at radius 1 is 1.30 bits per heavy atom. The number of aryl methyl sites for hydroxylation is 1. The molecule has 0 saturated carbocycles. The maximum Gasteiger partial charge on any atom is 0.254 e. The maximum absolute atomic E-state index is 13.6. The smallest absolute Gasteiger partial charge is 0.254 e. The van der Waals surface area contributed by atoms with Gasteiger partial charge in [0.25, 0.3) is 5.91 Å². The second-order valence-electron chi connectivity index (χ2n) is 5.02. The van der Waals surface area contributed by atoms with E-state index >= 15 is 0 Å². The predicted molar refractivity (Wildman–Crippen MR) is 75.5 cm³/mol. The Bertz CT molecular complexity index is 457. The minimum absolute atomic E-state index is 0.119. The van der Waals surface area contributed by atoms with Crippen molar-refractivity contribution in [2.24, 2.45) is 11.7 Å². The third kappa shape index (κ3) is 4.56. The van der Waals surface area contributed by atoms with Gasteiger partial charge in [0.15, 0.2) is 0 Å². The van der Waals surface area contributed by atoms with Gasteiger partial charge in [0.2, 0.25) is 0 Å². The van der Waals surface area contributed by atoms with Gasteiger partial charge in [-0.25, -0.2) is 8.78 Å². The van der Waals surface area contributed by atoms with E-state index in [2.05, 4.69) is 12.2 Å². The second kappa shape index (κ2) is 7.94. The fraction of sp³-hybridized carbons (Fsp3) is 0.533. The number of hydrogen-bond donors (Lipinski definition) is 2. The molecule has 0 aromatic heterocycles. The van der Waals surface area contributed by atoms with Crippen LogP contribution in [0.4, 0.5) is 8.78 Å². The zero-order chi connectivity index (χ0) is 15.1. The fourth-order valence-corrected chi connectivity index (χ4v) is 2.16. The highest BCUT2D eigenvalue weighted by atomic mass is 19.1. The summed E-state index contributed by atoms with van der Waals surface area (Å²) in [6.45, 7) is 4.58. The first-order valence-corrected chi connectivity index (χ1v) is 6.93. The molecule has 0 heterocycles. The number of hydrogen-bond acceptors (Lipinski definition) is 2. The first-order chi connectivity index (χ1) is 9.49. The van der Waals surface area contributed by atoms with Crippen molar-refractivity contribution >= 4 is 5.91 Å². The van der Waals surface area contributed by atoms with Crippen LogP contribution in [0.25, 0.3) is 0 Å². The number of halogens is 2. The molecule has 3 N–H and O–H groups in total. The zero-order valence-corrected chi connectivity index (χ0v) is 12.0. The lowest BCUT2D eigenvalue weighted by Gasteiger charge is -2.16. The van der Waals surface area contributed by atoms with Crippen molar-refractivity contribution in [3.05, 3.63) is 34.9 Å². The Balaban J connectivity index is 2.69. The summed E-state index contributed by atoms with van der Waals surface area (Å²) in [5.74, 6) is -1.70. The predicted octanol–water partition coefficient (Wildman–Crippen LogP) is 2.77. The summed E-state index contributed by atoms with van der Waals surface area (Å²) in [7, 11) is 0. The zero-order valence-electron chi connectivity index (χ0n) is 12.0. The second-order valence-corrected chi connectivity index (χ2v) is 5.02. The highest BCUT2D eigenvalue weighted by molar-refractivity contribution is 5.94. The van der Waals surface area contributed by atoms with Gasteiger partial charge in [-0.05, 0) is 43.9 Å². The highest BCUT2D eigenvalue weighted by Crippen LogP contribution is 2.15. The summed E-state index contributed by atoms with van der Waals surface area (Å²) >= 11 is 0. The summed E-state index contributed by atoms with van der Waals surface area (Å²) in [6.07, 6.45) is 2.78. The van der Waals surface area contributed by atoms with E-state index in [1.54, 1.807) is 0 Å². The molecule has 0 fully saturated rings. The number of carbonyl (C=O) groups is 1. The van der Waals surface area contributed by atoms with Gasteiger partial charge < -0.3 is 11.1 Å². The van der Waals surface area contributed by atoms with Crippen LogP contribution in [0.15, 0.2) is 12.1 Å². The molecule has 0 bridgehead atoms. The molecule has 20 heavy (non-hydrogen) atoms. The Morgan fingerprint density at radius 2 is 2.00 bits per heavy atom. The molecule has 1 rings (SSSR count). The lowest BCUT2D eigenvalue weighted by molar-refractivity contribution is 0.0941. The summed E-state index contributed by atoms with van der Waals surface area (Å²) in [5.41, 5.74) is 5.66. The maximum atomic E-state index is 13.6. The van der Waals surface area contributed by atoms with Gasteiger partial charge in [-0.2, -0.15) is 0 Å². The van der Waals surface area contributed by atoms with Crippen LogP contribution >= 0.6 is 0 Å². The lowest BCUT2D eigenvalue weighted by Crippen LogP contribution is -2.31. The molecule has 0 radical (unpaired) electrons. The van der Waals surface area contributed by atoms with Gasteiger partial charge in [0.1, 0.15) is 11.6 Å². The van der Waals surface area contributed by atoms with E-state index in [4.69, 9.17) is 5.73 Å². The van der Waals surface area contributed by atoms with Crippen LogP contribution < -0.4 is 11.1 Å². The van der Waals surface area contributed by atoms with E-state index in [1.165, 1.54) is 13.0 Å². The highest BCUT2D eigenvalue weighted by Gasteiger charge is 2.16. The molecular weight excluding hydrogens is 262 g/mol. The third-order valence-corrected chi connectivity index (χ3v) is 3.32. The Hall–Kier alpha value is -1.49. The number of nitrogens with two attached hydrogens (primary N) is 1. The van der Waals surface area contributed by atoms with Crippen LogP contribution in [-0.2, 0) is 0 Å². The van der Waals surface area contributed by atoms with E-state index in [0.29, 0.717) is 19.0 Å². The van der Waals surface area contributed by atoms with E-state index < -0.39 is 17.5 Å². The molecule has 1 unspecified atom stereocenters. The van der Waals surface area contributed by atoms with Crippen molar-refractivity contribution in [3.8, 4) is 0 Å². The van der Waals surface area contributed by atoms with E-state index in [0.717, 1.165) is 25.3 Å². The molecule has 0 saturated heterocycles. The molecular formula is C15H22F2N2O. The average molecular weight is 284 g/mol. The summed E-state index contributed by atoms with van der Waals surface area (Å²) in [5, 5.41) is 2.70. The number of rotatable bonds is 7. The van der Waals surface area contributed by atoms with Crippen LogP contribution in [0.1, 0.15) is 42.1 Å². The average Bonchev–Trinajstić information content (AvgIpc) is 2.40. The molecule has 0 spiro atoms. The minimum atomic E-state index is -0.837. The first kappa shape index (κ1) is 16.6. The third-order valence-electron chi connectivity index (χ3n) is 3.32. The molecule has 0 aliphatic heterocycles. The van der Waals surface area contributed by atoms with Crippen LogP contribution in [0, 0.1) is 24.5 Å². The van der Waals surface area contributed by atoms with Crippen LogP contribution in [0.5, 0.6) is 0 Å². The van der Waals surface area contributed by atoms with E-state index in [9.17, 15) is 13.6 Å². The molecule has 3 nitrogen and oxygen atoms in total. The summed E-state index contributed by atoms with van der Waals surface area (Å²) in [6, 6.07) is 1.98. The molecule has 0 aliphatic rings. The van der Waals surface area contributed by atoms with Gasteiger partial charge in [-0.1, -0.05) is 13.3 Å². The lowest BCUT2D eigenvalue weighted by atomic mass is 9.99. The van der Waals surface area contributed by atoms with Crippen LogP contribution in [0.2, 0.25) is 0 Å². The number of nitrogens with one attached hydrogen (secondary N) is 1. The summed E-state index contributed by atoms with van der Waals surface area (Å²) < 4.78 is 26.7. The number of amides is 1. The Labute approximate surface area is 118 Å². The van der Waals surface area contributed by atoms with Crippen molar-refractivity contribution in [2.45, 2.75) is 33.1 Å². The van der Waals surface area contributed by atoms with Gasteiger partial charge in [-0.3, -0.25) is 4.79 Å². The normalized spacial score (nSPS) is 12.2. The van der Waals surface area contributed by atoms with Crippen molar-refractivity contribution < 1.29 is 13.6 Å². The number of carbonyl (C=O) groups excluding carboxylic acids is 1. The summed E-state index contributed by atoms with van der Waals surface area (Å²) in [4.78, 5) is 11.9. The van der Waals surface area contributed by atoms with E-state index in [1.807, 2.05) is 0 Å². The Kier molecular flexibility index (Phi) is 6.58. The first-order valence-electron chi connectivity index (χ1n) is 6.93. The number of benzene rings is 1. The molecule has 1 atom stereocenters. The van der Waals surface area contributed by atoms with Gasteiger partial charge >= 0.3 is 0 Å². The van der Waals surface area contributed by atoms with Crippen molar-refractivity contribution in [1.82, 2.24) is 5.32 Å². The molecule has 1 aromatic rings. The molecule has 0 aliphatic carbocycles. The van der Waals surface area contributed by atoms with Crippen LogP contribution in [-0.4, -0.2) is 19.0 Å². The van der Waals surface area contributed by atoms with Crippen LogP contribution in [0.3, 0.4) is 0 Å². The largest absolute Gasteiger partial charge is 0.352 e. The SMILES string of the molecule is CCCC(CCN)CNC(=O)c1cc(C)c(F)cc1F. The fourth-order valence-electron chi connectivity index (χ4n) is 2.16. The van der Waals surface area contributed by atoms with Crippen molar-refractivity contribution in [3.63, 3.8) is 0 Å². The van der Waals surface area contributed by atoms with Gasteiger partial charge in [0, 0.05) is 12.6 Å². The molecule has 112 valence electrons. The van der Waals surface area contributed by atoms with Gasteiger partial charge in [0.05, 0.1) is 5.56 Å². The molecule has 1 aromatic carbocycles. The Morgan fingerprint density at radius 3 is 2.60 bits per heavy atom. The standard InChI is InChI=1S/C15H22F2N2O/c1-3-4-11(5-6-18)9-19-15(20)12-7-10(2)13(16)8-14(12)17/h7-8,11H,3-6,9,18H2,1-2H3,(H,19,20). The monoisotopic (exact) mass is 284 g/mol. The molecule has 1 amide bonds. The quantitative estimate of drug-likeness (QED) is 0.809. The van der Waals surface area contributed by atoms with Gasteiger partial charge in [-0.15, -0.1) is 0 Å². The topological polar surface area (TPSA) is 55.1 Å². The van der Waals surface area contributed by atoms with Crippen molar-refractivity contribution in [2.75, 3.05) is 13.1 Å². The minimum Gasteiger partial charge on any atom is -0.352 e. The molecule has 5 heteroatoms.